The van der Waals surface area contributed by atoms with E-state index in [1.54, 1.807) is 0 Å². The SMILES string of the molecule is C[C@@H]1Cn2c(c(-c3ccccc3)c(=O)[nH]c2=S)O1. The first-order chi connectivity index (χ1) is 8.66. The molecule has 3 rings (SSSR count). The standard InChI is InChI=1S/C13H12N2O2S/c1-8-7-15-12(17-8)10(11(16)14-13(15)18)9-5-3-2-4-6-9/h2-6,8H,7H2,1H3,(H,14,16,18)/t8-/m1/s1. The second-order valence-electron chi connectivity index (χ2n) is 4.34. The molecule has 5 heteroatoms. The molecule has 1 aliphatic rings. The Hall–Kier alpha value is -1.88. The number of hydrogen-bond donors (Lipinski definition) is 1. The van der Waals surface area contributed by atoms with Gasteiger partial charge in [-0.3, -0.25) is 14.3 Å². The zero-order valence-corrected chi connectivity index (χ0v) is 10.7. The molecule has 0 unspecified atom stereocenters. The maximum Gasteiger partial charge on any atom is 0.263 e. The molecule has 4 nitrogen and oxygen atoms in total. The fourth-order valence-electron chi connectivity index (χ4n) is 2.18. The van der Waals surface area contributed by atoms with E-state index in [0.29, 0.717) is 22.8 Å². The number of benzene rings is 1. The van der Waals surface area contributed by atoms with Gasteiger partial charge in [-0.15, -0.1) is 0 Å². The maximum absolute atomic E-state index is 12.1. The molecule has 1 atom stereocenters. The van der Waals surface area contributed by atoms with Crippen LogP contribution in [-0.2, 0) is 6.54 Å². The second kappa shape index (κ2) is 4.10. The fourth-order valence-corrected chi connectivity index (χ4v) is 2.43. The lowest BCUT2D eigenvalue weighted by Gasteiger charge is -2.08. The summed E-state index contributed by atoms with van der Waals surface area (Å²) < 4.78 is 7.98. The Balaban J connectivity index is 2.32. The van der Waals surface area contributed by atoms with Gasteiger partial charge in [0.25, 0.3) is 5.56 Å². The van der Waals surface area contributed by atoms with Crippen molar-refractivity contribution in [3.05, 3.63) is 45.5 Å². The predicted molar refractivity (Wildman–Crippen MR) is 71.4 cm³/mol. The highest BCUT2D eigenvalue weighted by atomic mass is 32.1. The summed E-state index contributed by atoms with van der Waals surface area (Å²) in [4.78, 5) is 14.8. The summed E-state index contributed by atoms with van der Waals surface area (Å²) in [5.74, 6) is 0.572. The van der Waals surface area contributed by atoms with Crippen molar-refractivity contribution >= 4 is 12.2 Å². The number of aromatic nitrogens is 2. The average molecular weight is 260 g/mol. The lowest BCUT2D eigenvalue weighted by Crippen LogP contribution is -2.14. The van der Waals surface area contributed by atoms with Crippen molar-refractivity contribution in [2.75, 3.05) is 0 Å². The van der Waals surface area contributed by atoms with E-state index >= 15 is 0 Å². The normalized spacial score (nSPS) is 17.3. The molecule has 1 aromatic carbocycles. The van der Waals surface area contributed by atoms with E-state index in [-0.39, 0.29) is 11.7 Å². The number of hydrogen-bond acceptors (Lipinski definition) is 3. The third-order valence-electron chi connectivity index (χ3n) is 2.97. The first-order valence-corrected chi connectivity index (χ1v) is 6.17. The summed E-state index contributed by atoms with van der Waals surface area (Å²) in [6.45, 7) is 2.63. The monoisotopic (exact) mass is 260 g/mol. The third-order valence-corrected chi connectivity index (χ3v) is 3.29. The van der Waals surface area contributed by atoms with Crippen molar-refractivity contribution < 1.29 is 4.74 Å². The average Bonchev–Trinajstić information content (AvgIpc) is 2.72. The van der Waals surface area contributed by atoms with Crippen LogP contribution in [0.1, 0.15) is 6.92 Å². The van der Waals surface area contributed by atoms with Crippen LogP contribution in [-0.4, -0.2) is 15.7 Å². The van der Waals surface area contributed by atoms with Gasteiger partial charge in [0.2, 0.25) is 5.88 Å². The third kappa shape index (κ3) is 1.67. The molecule has 0 amide bonds. The summed E-state index contributed by atoms with van der Waals surface area (Å²) in [5.41, 5.74) is 1.19. The van der Waals surface area contributed by atoms with Crippen molar-refractivity contribution in [1.29, 1.82) is 0 Å². The molecule has 1 N–H and O–H groups in total. The van der Waals surface area contributed by atoms with Gasteiger partial charge in [-0.05, 0) is 24.7 Å². The summed E-state index contributed by atoms with van der Waals surface area (Å²) >= 11 is 5.16. The van der Waals surface area contributed by atoms with Crippen molar-refractivity contribution in [3.63, 3.8) is 0 Å². The summed E-state index contributed by atoms with van der Waals surface area (Å²) in [6, 6.07) is 9.48. The molecule has 0 bridgehead atoms. The topological polar surface area (TPSA) is 47.0 Å². The Bertz CT molecular complexity index is 703. The highest BCUT2D eigenvalue weighted by Crippen LogP contribution is 2.31. The Morgan fingerprint density at radius 1 is 1.39 bits per heavy atom. The second-order valence-corrected chi connectivity index (χ2v) is 4.73. The smallest absolute Gasteiger partial charge is 0.263 e. The molecule has 0 radical (unpaired) electrons. The Labute approximate surface area is 109 Å². The van der Waals surface area contributed by atoms with E-state index in [1.807, 2.05) is 41.8 Å². The van der Waals surface area contributed by atoms with E-state index in [1.165, 1.54) is 0 Å². The van der Waals surface area contributed by atoms with E-state index in [2.05, 4.69) is 4.98 Å². The molecular weight excluding hydrogens is 248 g/mol. The van der Waals surface area contributed by atoms with Crippen molar-refractivity contribution in [2.45, 2.75) is 19.6 Å². The van der Waals surface area contributed by atoms with Crippen LogP contribution in [0.15, 0.2) is 35.1 Å². The van der Waals surface area contributed by atoms with Crippen LogP contribution >= 0.6 is 12.2 Å². The quantitative estimate of drug-likeness (QED) is 0.801. The van der Waals surface area contributed by atoms with Gasteiger partial charge in [-0.2, -0.15) is 0 Å². The maximum atomic E-state index is 12.1. The minimum atomic E-state index is -0.202. The zero-order valence-electron chi connectivity index (χ0n) is 9.84. The molecule has 1 aromatic heterocycles. The van der Waals surface area contributed by atoms with Gasteiger partial charge in [0, 0.05) is 0 Å². The number of ether oxygens (including phenoxy) is 1. The molecule has 0 fully saturated rings. The predicted octanol–water partition coefficient (Wildman–Crippen LogP) is 2.35. The Morgan fingerprint density at radius 3 is 2.83 bits per heavy atom. The van der Waals surface area contributed by atoms with Crippen LogP contribution in [0.25, 0.3) is 11.1 Å². The van der Waals surface area contributed by atoms with E-state index in [0.717, 1.165) is 5.56 Å². The van der Waals surface area contributed by atoms with Gasteiger partial charge in [0.05, 0.1) is 6.54 Å². The molecule has 18 heavy (non-hydrogen) atoms. The molecular formula is C13H12N2O2S. The molecule has 2 heterocycles. The minimum absolute atomic E-state index is 0.0318. The number of nitrogens with zero attached hydrogens (tertiary/aromatic N) is 1. The van der Waals surface area contributed by atoms with Crippen LogP contribution in [0, 0.1) is 4.77 Å². The molecule has 2 aromatic rings. The summed E-state index contributed by atoms with van der Waals surface area (Å²) in [6.07, 6.45) is 0.0318. The fraction of sp³-hybridized carbons (Fsp3) is 0.231. The van der Waals surface area contributed by atoms with Crippen molar-refractivity contribution in [2.24, 2.45) is 0 Å². The summed E-state index contributed by atoms with van der Waals surface area (Å²) in [5, 5.41) is 0. The lowest BCUT2D eigenvalue weighted by atomic mass is 10.1. The largest absolute Gasteiger partial charge is 0.473 e. The first kappa shape index (κ1) is 11.2. The molecule has 0 saturated heterocycles. The van der Waals surface area contributed by atoms with Gasteiger partial charge in [0.15, 0.2) is 4.77 Å². The highest BCUT2D eigenvalue weighted by molar-refractivity contribution is 7.71. The van der Waals surface area contributed by atoms with Gasteiger partial charge in [-0.1, -0.05) is 30.3 Å². The highest BCUT2D eigenvalue weighted by Gasteiger charge is 2.25. The van der Waals surface area contributed by atoms with Crippen molar-refractivity contribution in [1.82, 2.24) is 9.55 Å². The van der Waals surface area contributed by atoms with Gasteiger partial charge >= 0.3 is 0 Å². The zero-order chi connectivity index (χ0) is 12.7. The van der Waals surface area contributed by atoms with Gasteiger partial charge in [0.1, 0.15) is 11.7 Å². The lowest BCUT2D eigenvalue weighted by molar-refractivity contribution is 0.255. The van der Waals surface area contributed by atoms with Crippen LogP contribution in [0.2, 0.25) is 0 Å². The minimum Gasteiger partial charge on any atom is -0.473 e. The first-order valence-electron chi connectivity index (χ1n) is 5.76. The number of fused-ring (bicyclic) bond motifs is 1. The molecule has 1 aliphatic heterocycles. The molecule has 0 spiro atoms. The van der Waals surface area contributed by atoms with E-state index < -0.39 is 0 Å². The Kier molecular flexibility index (Phi) is 2.56. The van der Waals surface area contributed by atoms with Gasteiger partial charge in [-0.25, -0.2) is 0 Å². The molecule has 0 aliphatic carbocycles. The van der Waals surface area contributed by atoms with Crippen LogP contribution < -0.4 is 10.3 Å². The van der Waals surface area contributed by atoms with Crippen LogP contribution in [0.4, 0.5) is 0 Å². The van der Waals surface area contributed by atoms with Gasteiger partial charge < -0.3 is 4.74 Å². The molecule has 0 saturated carbocycles. The molecule has 92 valence electrons. The van der Waals surface area contributed by atoms with E-state index in [9.17, 15) is 4.79 Å². The number of nitrogens with one attached hydrogen (secondary N) is 1. The number of rotatable bonds is 1. The van der Waals surface area contributed by atoms with E-state index in [4.69, 9.17) is 17.0 Å². The van der Waals surface area contributed by atoms with Crippen molar-refractivity contribution in [3.8, 4) is 17.0 Å². The van der Waals surface area contributed by atoms with Crippen LogP contribution in [0.3, 0.4) is 0 Å². The Morgan fingerprint density at radius 2 is 2.11 bits per heavy atom. The number of H-pyrrole nitrogens is 1. The summed E-state index contributed by atoms with van der Waals surface area (Å²) in [7, 11) is 0. The number of aromatic amines is 1. The van der Waals surface area contributed by atoms with Crippen LogP contribution in [0.5, 0.6) is 5.88 Å².